The van der Waals surface area contributed by atoms with Crippen molar-refractivity contribution in [3.8, 4) is 28.5 Å². The Morgan fingerprint density at radius 1 is 0.880 bits per heavy atom. The van der Waals surface area contributed by atoms with Crippen molar-refractivity contribution >= 4 is 57.7 Å². The number of anilines is 2. The van der Waals surface area contributed by atoms with E-state index in [0.29, 0.717) is 40.1 Å². The highest BCUT2D eigenvalue weighted by atomic mass is 32.2. The topological polar surface area (TPSA) is 128 Å². The number of methoxy groups -OCH3 is 2. The van der Waals surface area contributed by atoms with Gasteiger partial charge in [0.25, 0.3) is 11.8 Å². The van der Waals surface area contributed by atoms with Crippen LogP contribution in [0.2, 0.25) is 0 Å². The van der Waals surface area contributed by atoms with Gasteiger partial charge >= 0.3 is 0 Å². The van der Waals surface area contributed by atoms with E-state index in [1.165, 1.54) is 37.3 Å². The summed E-state index contributed by atoms with van der Waals surface area (Å²) in [7, 11) is 3.05. The molecule has 3 amide bonds. The van der Waals surface area contributed by atoms with Crippen LogP contribution in [0.4, 0.5) is 10.8 Å². The second-order valence-corrected chi connectivity index (χ2v) is 13.0. The highest BCUT2D eigenvalue weighted by Crippen LogP contribution is 2.31. The van der Waals surface area contributed by atoms with Gasteiger partial charge in [0.1, 0.15) is 11.4 Å². The lowest BCUT2D eigenvalue weighted by molar-refractivity contribution is -0.115. The molecule has 1 aromatic heterocycles. The third-order valence-electron chi connectivity index (χ3n) is 7.22. The van der Waals surface area contributed by atoms with Crippen LogP contribution in [0.5, 0.6) is 17.2 Å². The number of carbonyl (C=O) groups excluding carboxylic acids is 3. The molecule has 0 saturated carbocycles. The molecule has 10 nitrogen and oxygen atoms in total. The Morgan fingerprint density at radius 3 is 2.36 bits per heavy atom. The molecule has 0 fully saturated rings. The number of rotatable bonds is 14. The van der Waals surface area contributed by atoms with Gasteiger partial charge in [-0.25, -0.2) is 4.98 Å². The van der Waals surface area contributed by atoms with Gasteiger partial charge in [0.05, 0.1) is 31.8 Å². The first kappa shape index (κ1) is 35.7. The van der Waals surface area contributed by atoms with Crippen LogP contribution in [-0.2, 0) is 9.59 Å². The molecule has 1 heterocycles. The molecule has 0 spiro atoms. The van der Waals surface area contributed by atoms with Gasteiger partial charge in [-0.1, -0.05) is 30.3 Å². The molecular weight excluding hydrogens is 673 g/mol. The number of nitrogens with zero attached hydrogens (tertiary/aromatic N) is 1. The molecular formula is C38H36N4O6S2. The van der Waals surface area contributed by atoms with Crippen molar-refractivity contribution < 1.29 is 28.6 Å². The summed E-state index contributed by atoms with van der Waals surface area (Å²) in [5, 5.41) is 10.4. The van der Waals surface area contributed by atoms with Crippen molar-refractivity contribution in [2.75, 3.05) is 31.5 Å². The molecule has 0 aliphatic rings. The van der Waals surface area contributed by atoms with Gasteiger partial charge in [0.2, 0.25) is 5.91 Å². The van der Waals surface area contributed by atoms with E-state index in [4.69, 9.17) is 14.2 Å². The summed E-state index contributed by atoms with van der Waals surface area (Å²) in [5.74, 6) is 0.604. The normalized spacial score (nSPS) is 11.6. The smallest absolute Gasteiger partial charge is 0.272 e. The minimum atomic E-state index is -0.538. The Hall–Kier alpha value is -5.59. The van der Waals surface area contributed by atoms with Crippen molar-refractivity contribution in [3.05, 3.63) is 119 Å². The van der Waals surface area contributed by atoms with Crippen LogP contribution in [0.3, 0.4) is 0 Å². The molecule has 5 rings (SSSR count). The van der Waals surface area contributed by atoms with Gasteiger partial charge < -0.3 is 30.2 Å². The molecule has 0 aliphatic heterocycles. The average Bonchev–Trinajstić information content (AvgIpc) is 3.60. The first-order valence-electron chi connectivity index (χ1n) is 15.6. The number of thiazole rings is 1. The molecule has 0 saturated heterocycles. The summed E-state index contributed by atoms with van der Waals surface area (Å²) in [4.78, 5) is 45.1. The van der Waals surface area contributed by atoms with E-state index in [2.05, 4.69) is 20.9 Å². The number of carbonyl (C=O) groups is 3. The number of thioether (sulfide) groups is 1. The molecule has 0 aliphatic carbocycles. The number of nitrogens with one attached hydrogen (secondary N) is 3. The molecule has 4 aromatic carbocycles. The van der Waals surface area contributed by atoms with Gasteiger partial charge in [-0.2, -0.15) is 0 Å². The summed E-state index contributed by atoms with van der Waals surface area (Å²) in [6, 6.07) is 28.6. The highest BCUT2D eigenvalue weighted by Gasteiger charge is 2.19. The van der Waals surface area contributed by atoms with Gasteiger partial charge in [0.15, 0.2) is 16.6 Å². The quantitative estimate of drug-likeness (QED) is 0.0790. The Balaban J connectivity index is 1.26. The number of aromatic nitrogens is 1. The second-order valence-electron chi connectivity index (χ2n) is 10.7. The molecule has 50 heavy (non-hydrogen) atoms. The molecule has 1 unspecified atom stereocenters. The van der Waals surface area contributed by atoms with Crippen LogP contribution in [0.25, 0.3) is 17.3 Å². The predicted octanol–water partition coefficient (Wildman–Crippen LogP) is 7.75. The van der Waals surface area contributed by atoms with E-state index in [1.54, 1.807) is 79.7 Å². The van der Waals surface area contributed by atoms with E-state index < -0.39 is 17.1 Å². The fourth-order valence-corrected chi connectivity index (χ4v) is 6.36. The average molecular weight is 709 g/mol. The number of hydrogen-bond acceptors (Lipinski definition) is 9. The standard InChI is InChI=1S/C38H36N4O6S2/c1-5-48-29-17-15-26(16-18-29)32-23-49-38(41-32)42-35(43)24(2)50-30-13-9-12-28(22-30)39-37(45)31(40-36(44)27-10-7-6-8-11-27)20-25-14-19-33(46-3)34(21-25)47-4/h6-24H,5H2,1-4H3,(H,39,45)(H,40,44)(H,41,42,43)/b31-20+. The van der Waals surface area contributed by atoms with Crippen molar-refractivity contribution in [2.45, 2.75) is 24.0 Å². The zero-order valence-corrected chi connectivity index (χ0v) is 29.5. The SMILES string of the molecule is CCOc1ccc(-c2csc(NC(=O)C(C)Sc3cccc(NC(=O)/C(=C\c4ccc(OC)c(OC)c4)NC(=O)c4ccccc4)c3)n2)cc1. The number of amides is 3. The summed E-state index contributed by atoms with van der Waals surface area (Å²) in [6.07, 6.45) is 1.56. The zero-order chi connectivity index (χ0) is 35.5. The number of benzene rings is 4. The Morgan fingerprint density at radius 2 is 1.64 bits per heavy atom. The first-order valence-corrected chi connectivity index (χ1v) is 17.4. The van der Waals surface area contributed by atoms with E-state index in [0.717, 1.165) is 21.9 Å². The Bertz CT molecular complexity index is 1980. The Kier molecular flexibility index (Phi) is 12.3. The zero-order valence-electron chi connectivity index (χ0n) is 27.9. The third-order valence-corrected chi connectivity index (χ3v) is 9.07. The van der Waals surface area contributed by atoms with Crippen molar-refractivity contribution in [3.63, 3.8) is 0 Å². The van der Waals surface area contributed by atoms with Crippen LogP contribution >= 0.6 is 23.1 Å². The highest BCUT2D eigenvalue weighted by molar-refractivity contribution is 8.00. The van der Waals surface area contributed by atoms with E-state index >= 15 is 0 Å². The van der Waals surface area contributed by atoms with Crippen LogP contribution in [0.1, 0.15) is 29.8 Å². The van der Waals surface area contributed by atoms with Gasteiger partial charge in [0, 0.05) is 27.1 Å². The monoisotopic (exact) mass is 708 g/mol. The summed E-state index contributed by atoms with van der Waals surface area (Å²) in [5.41, 5.74) is 3.19. The fraction of sp³-hybridized carbons (Fsp3) is 0.158. The minimum Gasteiger partial charge on any atom is -0.494 e. The molecule has 0 radical (unpaired) electrons. The summed E-state index contributed by atoms with van der Waals surface area (Å²) < 4.78 is 16.2. The maximum Gasteiger partial charge on any atom is 0.272 e. The summed E-state index contributed by atoms with van der Waals surface area (Å²) >= 11 is 2.69. The van der Waals surface area contributed by atoms with Crippen molar-refractivity contribution in [1.82, 2.24) is 10.3 Å². The first-order chi connectivity index (χ1) is 24.3. The lowest BCUT2D eigenvalue weighted by Gasteiger charge is -2.14. The van der Waals surface area contributed by atoms with Crippen LogP contribution < -0.4 is 30.2 Å². The minimum absolute atomic E-state index is 0.0185. The third kappa shape index (κ3) is 9.52. The van der Waals surface area contributed by atoms with E-state index in [-0.39, 0.29) is 11.6 Å². The van der Waals surface area contributed by atoms with Gasteiger partial charge in [-0.3, -0.25) is 14.4 Å². The molecule has 5 aromatic rings. The largest absolute Gasteiger partial charge is 0.494 e. The maximum atomic E-state index is 13.6. The van der Waals surface area contributed by atoms with Gasteiger partial charge in [-0.15, -0.1) is 23.1 Å². The van der Waals surface area contributed by atoms with E-state index in [1.807, 2.05) is 42.6 Å². The number of ether oxygens (including phenoxy) is 3. The maximum absolute atomic E-state index is 13.6. The second kappa shape index (κ2) is 17.2. The predicted molar refractivity (Wildman–Crippen MR) is 199 cm³/mol. The fourth-order valence-electron chi connectivity index (χ4n) is 4.71. The summed E-state index contributed by atoms with van der Waals surface area (Å²) in [6.45, 7) is 4.33. The van der Waals surface area contributed by atoms with Crippen LogP contribution in [0, 0.1) is 0 Å². The van der Waals surface area contributed by atoms with Gasteiger partial charge in [-0.05, 0) is 92.2 Å². The van der Waals surface area contributed by atoms with E-state index in [9.17, 15) is 14.4 Å². The molecule has 3 N–H and O–H groups in total. The lowest BCUT2D eigenvalue weighted by Crippen LogP contribution is -2.30. The molecule has 1 atom stereocenters. The lowest BCUT2D eigenvalue weighted by atomic mass is 10.1. The molecule has 12 heteroatoms. The van der Waals surface area contributed by atoms with Crippen LogP contribution in [-0.4, -0.2) is 48.8 Å². The number of hydrogen-bond donors (Lipinski definition) is 3. The Labute approximate surface area is 298 Å². The molecule has 0 bridgehead atoms. The van der Waals surface area contributed by atoms with Crippen LogP contribution in [0.15, 0.2) is 113 Å². The molecule has 256 valence electrons. The van der Waals surface area contributed by atoms with Crippen molar-refractivity contribution in [2.24, 2.45) is 0 Å². The van der Waals surface area contributed by atoms with Crippen molar-refractivity contribution in [1.29, 1.82) is 0 Å².